The highest BCUT2D eigenvalue weighted by atomic mass is 35.5. The van der Waals surface area contributed by atoms with E-state index in [9.17, 15) is 4.79 Å². The summed E-state index contributed by atoms with van der Waals surface area (Å²) in [6, 6.07) is 11.9. The number of piperidine rings is 2. The molecule has 1 aromatic carbocycles. The van der Waals surface area contributed by atoms with Crippen LogP contribution in [0.2, 0.25) is 5.02 Å². The number of carbonyl (C=O) groups is 1. The molecule has 2 aliphatic heterocycles. The standard InChI is InChI=1S/C24H28ClN3O2/c25-20-4-1-19(2-5-20)3-6-24(29)28-15-9-21(10-16-28)27-17-11-23(12-18-27)30-22-7-13-26-14-8-22/h1-8,13-14,21,23H,9-12,15-18H2. The molecular formula is C24H28ClN3O2. The molecule has 2 aliphatic rings. The Morgan fingerprint density at radius 3 is 2.30 bits per heavy atom. The first-order valence-electron chi connectivity index (χ1n) is 10.7. The van der Waals surface area contributed by atoms with Gasteiger partial charge < -0.3 is 9.64 Å². The molecule has 0 aliphatic carbocycles. The number of halogens is 1. The first-order chi connectivity index (χ1) is 14.7. The number of pyridine rings is 1. The molecule has 2 aromatic rings. The average molecular weight is 426 g/mol. The van der Waals surface area contributed by atoms with E-state index < -0.39 is 0 Å². The molecule has 0 bridgehead atoms. The van der Waals surface area contributed by atoms with Crippen molar-refractivity contribution >= 4 is 23.6 Å². The van der Waals surface area contributed by atoms with Gasteiger partial charge in [-0.1, -0.05) is 23.7 Å². The van der Waals surface area contributed by atoms with E-state index in [1.807, 2.05) is 47.4 Å². The molecule has 1 aromatic heterocycles. The number of rotatable bonds is 5. The number of nitrogens with zero attached hydrogens (tertiary/aromatic N) is 3. The van der Waals surface area contributed by atoms with Crippen LogP contribution in [0.3, 0.4) is 0 Å². The Kier molecular flexibility index (Phi) is 7.03. The number of likely N-dealkylation sites (tertiary alicyclic amines) is 2. The predicted octanol–water partition coefficient (Wildman–Crippen LogP) is 4.28. The van der Waals surface area contributed by atoms with Crippen molar-refractivity contribution in [2.45, 2.75) is 37.8 Å². The summed E-state index contributed by atoms with van der Waals surface area (Å²) < 4.78 is 6.07. The van der Waals surface area contributed by atoms with E-state index in [1.54, 1.807) is 18.5 Å². The Morgan fingerprint density at radius 2 is 1.63 bits per heavy atom. The van der Waals surface area contributed by atoms with Crippen LogP contribution in [0.25, 0.3) is 6.08 Å². The third kappa shape index (κ3) is 5.61. The van der Waals surface area contributed by atoms with Crippen molar-refractivity contribution in [1.29, 1.82) is 0 Å². The van der Waals surface area contributed by atoms with Crippen molar-refractivity contribution < 1.29 is 9.53 Å². The van der Waals surface area contributed by atoms with Gasteiger partial charge in [0.2, 0.25) is 5.91 Å². The maximum atomic E-state index is 12.5. The molecule has 0 radical (unpaired) electrons. The van der Waals surface area contributed by atoms with Gasteiger partial charge in [0.15, 0.2) is 0 Å². The number of ether oxygens (including phenoxy) is 1. The van der Waals surface area contributed by atoms with Gasteiger partial charge in [-0.25, -0.2) is 0 Å². The lowest BCUT2D eigenvalue weighted by Gasteiger charge is -2.41. The summed E-state index contributed by atoms with van der Waals surface area (Å²) >= 11 is 5.91. The van der Waals surface area contributed by atoms with Crippen LogP contribution in [-0.4, -0.2) is 59.0 Å². The highest BCUT2D eigenvalue weighted by Crippen LogP contribution is 2.24. The van der Waals surface area contributed by atoms with Crippen LogP contribution in [0.4, 0.5) is 0 Å². The summed E-state index contributed by atoms with van der Waals surface area (Å²) in [4.78, 5) is 21.1. The Labute approximate surface area is 183 Å². The number of carbonyl (C=O) groups excluding carboxylic acids is 1. The summed E-state index contributed by atoms with van der Waals surface area (Å²) in [5, 5.41) is 0.702. The minimum atomic E-state index is 0.0906. The van der Waals surface area contributed by atoms with Crippen LogP contribution in [0, 0.1) is 0 Å². The topological polar surface area (TPSA) is 45.7 Å². The lowest BCUT2D eigenvalue weighted by atomic mass is 9.98. The van der Waals surface area contributed by atoms with E-state index >= 15 is 0 Å². The summed E-state index contributed by atoms with van der Waals surface area (Å²) in [6.07, 6.45) is 11.5. The summed E-state index contributed by atoms with van der Waals surface area (Å²) in [6.45, 7) is 3.76. The van der Waals surface area contributed by atoms with Crippen molar-refractivity contribution in [1.82, 2.24) is 14.8 Å². The number of benzene rings is 1. The molecule has 0 saturated carbocycles. The van der Waals surface area contributed by atoms with Crippen molar-refractivity contribution in [3.05, 3.63) is 65.5 Å². The smallest absolute Gasteiger partial charge is 0.246 e. The molecule has 0 spiro atoms. The predicted molar refractivity (Wildman–Crippen MR) is 120 cm³/mol. The summed E-state index contributed by atoms with van der Waals surface area (Å²) in [5.41, 5.74) is 0.986. The van der Waals surface area contributed by atoms with Gasteiger partial charge in [0, 0.05) is 55.7 Å². The van der Waals surface area contributed by atoms with Crippen LogP contribution in [0.5, 0.6) is 5.75 Å². The van der Waals surface area contributed by atoms with Gasteiger partial charge in [-0.3, -0.25) is 14.7 Å². The highest BCUT2D eigenvalue weighted by Gasteiger charge is 2.29. The Morgan fingerprint density at radius 1 is 0.967 bits per heavy atom. The van der Waals surface area contributed by atoms with Gasteiger partial charge in [0.05, 0.1) is 0 Å². The molecule has 0 N–H and O–H groups in total. The van der Waals surface area contributed by atoms with E-state index in [0.29, 0.717) is 11.1 Å². The van der Waals surface area contributed by atoms with Crippen molar-refractivity contribution in [2.24, 2.45) is 0 Å². The highest BCUT2D eigenvalue weighted by molar-refractivity contribution is 6.30. The third-order valence-corrected chi connectivity index (χ3v) is 6.26. The van der Waals surface area contributed by atoms with E-state index in [2.05, 4.69) is 9.88 Å². The molecule has 5 nitrogen and oxygen atoms in total. The zero-order valence-corrected chi connectivity index (χ0v) is 17.9. The fourth-order valence-corrected chi connectivity index (χ4v) is 4.39. The van der Waals surface area contributed by atoms with E-state index in [1.165, 1.54) is 0 Å². The van der Waals surface area contributed by atoms with Crippen molar-refractivity contribution in [2.75, 3.05) is 26.2 Å². The lowest BCUT2D eigenvalue weighted by Crippen LogP contribution is -2.49. The molecule has 4 rings (SSSR count). The summed E-state index contributed by atoms with van der Waals surface area (Å²) in [7, 11) is 0. The molecule has 30 heavy (non-hydrogen) atoms. The van der Waals surface area contributed by atoms with Crippen LogP contribution in [0.15, 0.2) is 54.9 Å². The maximum absolute atomic E-state index is 12.5. The second kappa shape index (κ2) is 10.1. The van der Waals surface area contributed by atoms with Gasteiger partial charge in [-0.15, -0.1) is 0 Å². The molecule has 0 atom stereocenters. The molecule has 158 valence electrons. The quantitative estimate of drug-likeness (QED) is 0.670. The van der Waals surface area contributed by atoms with Gasteiger partial charge in [-0.05, 0) is 61.6 Å². The molecule has 2 fully saturated rings. The molecular weight excluding hydrogens is 398 g/mol. The minimum absolute atomic E-state index is 0.0906. The van der Waals surface area contributed by atoms with Gasteiger partial charge in [-0.2, -0.15) is 0 Å². The Hall–Kier alpha value is -2.37. The van der Waals surface area contributed by atoms with Crippen LogP contribution in [-0.2, 0) is 4.79 Å². The van der Waals surface area contributed by atoms with E-state index in [0.717, 1.165) is 63.2 Å². The van der Waals surface area contributed by atoms with Gasteiger partial charge in [0.25, 0.3) is 0 Å². The molecule has 6 heteroatoms. The molecule has 0 unspecified atom stereocenters. The first-order valence-corrected chi connectivity index (χ1v) is 11.1. The fourth-order valence-electron chi connectivity index (χ4n) is 4.27. The number of amides is 1. The summed E-state index contributed by atoms with van der Waals surface area (Å²) in [5.74, 6) is 0.995. The van der Waals surface area contributed by atoms with Gasteiger partial charge >= 0.3 is 0 Å². The first kappa shape index (κ1) is 20.9. The lowest BCUT2D eigenvalue weighted by molar-refractivity contribution is -0.127. The second-order valence-electron chi connectivity index (χ2n) is 7.98. The largest absolute Gasteiger partial charge is 0.490 e. The van der Waals surface area contributed by atoms with Crippen molar-refractivity contribution in [3.8, 4) is 5.75 Å². The molecule has 1 amide bonds. The Balaban J connectivity index is 1.20. The van der Waals surface area contributed by atoms with Crippen LogP contribution >= 0.6 is 11.6 Å². The zero-order chi connectivity index (χ0) is 20.8. The third-order valence-electron chi connectivity index (χ3n) is 6.01. The average Bonchev–Trinajstić information content (AvgIpc) is 2.80. The maximum Gasteiger partial charge on any atom is 0.246 e. The zero-order valence-electron chi connectivity index (χ0n) is 17.1. The van der Waals surface area contributed by atoms with E-state index in [4.69, 9.17) is 16.3 Å². The number of aromatic nitrogens is 1. The number of hydrogen-bond acceptors (Lipinski definition) is 4. The monoisotopic (exact) mass is 425 g/mol. The van der Waals surface area contributed by atoms with Crippen LogP contribution < -0.4 is 4.74 Å². The SMILES string of the molecule is O=C(C=Cc1ccc(Cl)cc1)N1CCC(N2CCC(Oc3ccncc3)CC2)CC1. The molecule has 2 saturated heterocycles. The van der Waals surface area contributed by atoms with Crippen LogP contribution in [0.1, 0.15) is 31.2 Å². The fraction of sp³-hybridized carbons (Fsp3) is 0.417. The van der Waals surface area contributed by atoms with Gasteiger partial charge in [0.1, 0.15) is 11.9 Å². The second-order valence-corrected chi connectivity index (χ2v) is 8.41. The Bertz CT molecular complexity index is 841. The molecule has 3 heterocycles. The number of hydrogen-bond donors (Lipinski definition) is 0. The van der Waals surface area contributed by atoms with Crippen molar-refractivity contribution in [3.63, 3.8) is 0 Å². The van der Waals surface area contributed by atoms with E-state index in [-0.39, 0.29) is 12.0 Å². The normalized spacial score (nSPS) is 19.3. The minimum Gasteiger partial charge on any atom is -0.490 e.